The largest absolute Gasteiger partial charge is 0.366 e. The van der Waals surface area contributed by atoms with Crippen LogP contribution in [0.5, 0.6) is 0 Å². The lowest BCUT2D eigenvalue weighted by atomic mass is 9.79. The van der Waals surface area contributed by atoms with Crippen molar-refractivity contribution in [1.82, 2.24) is 0 Å². The number of rotatable bonds is 3. The number of nitrogens with zero attached hydrogens (tertiary/aromatic N) is 1. The first-order valence-corrected chi connectivity index (χ1v) is 7.34. The fraction of sp³-hybridized carbons (Fsp3) is 0.647. The van der Waals surface area contributed by atoms with Gasteiger partial charge in [0, 0.05) is 17.8 Å². The van der Waals surface area contributed by atoms with Crippen molar-refractivity contribution >= 4 is 5.69 Å². The highest BCUT2D eigenvalue weighted by molar-refractivity contribution is 5.60. The van der Waals surface area contributed by atoms with Gasteiger partial charge in [-0.25, -0.2) is 0 Å². The fourth-order valence-corrected chi connectivity index (χ4v) is 3.34. The zero-order valence-electron chi connectivity index (χ0n) is 12.6. The van der Waals surface area contributed by atoms with E-state index in [1.165, 1.54) is 42.6 Å². The lowest BCUT2D eigenvalue weighted by Gasteiger charge is -2.48. The van der Waals surface area contributed by atoms with Crippen molar-refractivity contribution in [1.29, 1.82) is 0 Å². The molecule has 1 aliphatic heterocycles. The highest BCUT2D eigenvalue weighted by Gasteiger charge is 2.35. The number of hydrogen-bond donors (Lipinski definition) is 0. The molecule has 0 spiro atoms. The van der Waals surface area contributed by atoms with Gasteiger partial charge >= 0.3 is 0 Å². The van der Waals surface area contributed by atoms with Crippen LogP contribution in [0, 0.1) is 6.92 Å². The summed E-state index contributed by atoms with van der Waals surface area (Å²) in [5.74, 6) is 0.675. The molecule has 1 heterocycles. The molecule has 1 aromatic carbocycles. The average Bonchev–Trinajstić information content (AvgIpc) is 2.27. The molecule has 0 fully saturated rings. The summed E-state index contributed by atoms with van der Waals surface area (Å²) in [5, 5.41) is 0. The van der Waals surface area contributed by atoms with Crippen LogP contribution in [0.4, 0.5) is 5.69 Å². The lowest BCUT2D eigenvalue weighted by Crippen LogP contribution is -2.48. The standard InChI is InChI=1S/C17H27N/c1-6-7-10-18-16-11-13(2)8-9-15(16)14(3)12-17(18,4)5/h8-9,11,14H,6-7,10,12H2,1-5H3. The molecule has 1 nitrogen and oxygen atoms in total. The quantitative estimate of drug-likeness (QED) is 0.733. The summed E-state index contributed by atoms with van der Waals surface area (Å²) in [6, 6.07) is 6.97. The van der Waals surface area contributed by atoms with Crippen LogP contribution in [0.2, 0.25) is 0 Å². The molecule has 100 valence electrons. The van der Waals surface area contributed by atoms with Crippen molar-refractivity contribution in [3.05, 3.63) is 29.3 Å². The Labute approximate surface area is 112 Å². The zero-order valence-corrected chi connectivity index (χ0v) is 12.6. The Morgan fingerprint density at radius 3 is 2.72 bits per heavy atom. The van der Waals surface area contributed by atoms with Gasteiger partial charge in [-0.2, -0.15) is 0 Å². The van der Waals surface area contributed by atoms with Crippen LogP contribution in [0.1, 0.15) is 64.0 Å². The Morgan fingerprint density at radius 2 is 2.06 bits per heavy atom. The number of aryl methyl sites for hydroxylation is 1. The van der Waals surface area contributed by atoms with E-state index in [1.807, 2.05) is 0 Å². The molecule has 0 N–H and O–H groups in total. The summed E-state index contributed by atoms with van der Waals surface area (Å²) >= 11 is 0. The topological polar surface area (TPSA) is 3.24 Å². The van der Waals surface area contributed by atoms with E-state index in [2.05, 4.69) is 57.7 Å². The van der Waals surface area contributed by atoms with E-state index in [0.29, 0.717) is 5.92 Å². The van der Waals surface area contributed by atoms with Gasteiger partial charge in [-0.3, -0.25) is 0 Å². The Kier molecular flexibility index (Phi) is 3.70. The molecule has 0 saturated heterocycles. The Bertz CT molecular complexity index is 420. The zero-order chi connectivity index (χ0) is 13.3. The van der Waals surface area contributed by atoms with Gasteiger partial charge < -0.3 is 4.90 Å². The number of anilines is 1. The van der Waals surface area contributed by atoms with Gasteiger partial charge in [0.05, 0.1) is 0 Å². The number of unbranched alkanes of at least 4 members (excludes halogenated alkanes) is 1. The van der Waals surface area contributed by atoms with E-state index in [-0.39, 0.29) is 5.54 Å². The van der Waals surface area contributed by atoms with Gasteiger partial charge in [0.25, 0.3) is 0 Å². The molecule has 0 amide bonds. The van der Waals surface area contributed by atoms with Gasteiger partial charge in [0.2, 0.25) is 0 Å². The van der Waals surface area contributed by atoms with Gasteiger partial charge in [0.1, 0.15) is 0 Å². The predicted molar refractivity (Wildman–Crippen MR) is 80.5 cm³/mol. The minimum absolute atomic E-state index is 0.287. The summed E-state index contributed by atoms with van der Waals surface area (Å²) in [7, 11) is 0. The predicted octanol–water partition coefficient (Wildman–Crippen LogP) is 4.89. The summed E-state index contributed by atoms with van der Waals surface area (Å²) in [4.78, 5) is 2.64. The first kappa shape index (κ1) is 13.5. The van der Waals surface area contributed by atoms with E-state index in [4.69, 9.17) is 0 Å². The first-order valence-electron chi connectivity index (χ1n) is 7.34. The Hall–Kier alpha value is -0.980. The third-order valence-corrected chi connectivity index (χ3v) is 4.28. The van der Waals surface area contributed by atoms with E-state index in [0.717, 1.165) is 0 Å². The van der Waals surface area contributed by atoms with Crippen molar-refractivity contribution in [2.24, 2.45) is 0 Å². The molecule has 0 aromatic heterocycles. The van der Waals surface area contributed by atoms with Crippen LogP contribution >= 0.6 is 0 Å². The van der Waals surface area contributed by atoms with Gasteiger partial charge in [-0.15, -0.1) is 0 Å². The third kappa shape index (κ3) is 2.41. The van der Waals surface area contributed by atoms with Crippen molar-refractivity contribution in [2.75, 3.05) is 11.4 Å². The smallest absolute Gasteiger partial charge is 0.0408 e. The molecular weight excluding hydrogens is 218 g/mol. The maximum Gasteiger partial charge on any atom is 0.0408 e. The highest BCUT2D eigenvalue weighted by Crippen LogP contribution is 2.43. The fourth-order valence-electron chi connectivity index (χ4n) is 3.34. The summed E-state index contributed by atoms with van der Waals surface area (Å²) in [6.45, 7) is 12.8. The van der Waals surface area contributed by atoms with Crippen LogP contribution in [0.25, 0.3) is 0 Å². The Balaban J connectivity index is 2.42. The minimum atomic E-state index is 0.287. The Morgan fingerprint density at radius 1 is 1.33 bits per heavy atom. The third-order valence-electron chi connectivity index (χ3n) is 4.28. The van der Waals surface area contributed by atoms with Gasteiger partial charge in [-0.1, -0.05) is 32.4 Å². The molecular formula is C17H27N. The lowest BCUT2D eigenvalue weighted by molar-refractivity contribution is 0.373. The maximum absolute atomic E-state index is 2.64. The summed E-state index contributed by atoms with van der Waals surface area (Å²) in [6.07, 6.45) is 3.81. The summed E-state index contributed by atoms with van der Waals surface area (Å²) in [5.41, 5.74) is 4.68. The SMILES string of the molecule is CCCCN1c2cc(C)ccc2C(C)CC1(C)C. The first-order chi connectivity index (χ1) is 8.45. The highest BCUT2D eigenvalue weighted by atomic mass is 15.2. The van der Waals surface area contributed by atoms with Crippen LogP contribution in [-0.4, -0.2) is 12.1 Å². The van der Waals surface area contributed by atoms with Crippen molar-refractivity contribution < 1.29 is 0 Å². The van der Waals surface area contributed by atoms with Gasteiger partial charge in [-0.05, 0) is 56.7 Å². The molecule has 0 bridgehead atoms. The molecule has 2 rings (SSSR count). The maximum atomic E-state index is 2.64. The van der Waals surface area contributed by atoms with Crippen molar-refractivity contribution in [3.8, 4) is 0 Å². The van der Waals surface area contributed by atoms with Crippen LogP contribution in [0.15, 0.2) is 18.2 Å². The molecule has 1 unspecified atom stereocenters. The molecule has 1 atom stereocenters. The second-order valence-corrected chi connectivity index (χ2v) is 6.49. The molecule has 0 saturated carbocycles. The van der Waals surface area contributed by atoms with Crippen molar-refractivity contribution in [2.45, 2.75) is 65.3 Å². The minimum Gasteiger partial charge on any atom is -0.366 e. The molecule has 1 aliphatic rings. The van der Waals surface area contributed by atoms with Crippen LogP contribution in [-0.2, 0) is 0 Å². The second-order valence-electron chi connectivity index (χ2n) is 6.49. The number of benzene rings is 1. The molecule has 1 aromatic rings. The van der Waals surface area contributed by atoms with E-state index >= 15 is 0 Å². The second kappa shape index (κ2) is 4.95. The summed E-state index contributed by atoms with van der Waals surface area (Å²) < 4.78 is 0. The molecule has 18 heavy (non-hydrogen) atoms. The average molecular weight is 245 g/mol. The monoisotopic (exact) mass is 245 g/mol. The van der Waals surface area contributed by atoms with E-state index in [9.17, 15) is 0 Å². The van der Waals surface area contributed by atoms with E-state index < -0.39 is 0 Å². The van der Waals surface area contributed by atoms with Crippen LogP contribution < -0.4 is 4.90 Å². The molecule has 1 heteroatoms. The molecule has 0 radical (unpaired) electrons. The normalized spacial score (nSPS) is 21.8. The van der Waals surface area contributed by atoms with Gasteiger partial charge in [0.15, 0.2) is 0 Å². The number of hydrogen-bond acceptors (Lipinski definition) is 1. The van der Waals surface area contributed by atoms with Crippen LogP contribution in [0.3, 0.4) is 0 Å². The number of fused-ring (bicyclic) bond motifs is 1. The van der Waals surface area contributed by atoms with Crippen molar-refractivity contribution in [3.63, 3.8) is 0 Å². The van der Waals surface area contributed by atoms with E-state index in [1.54, 1.807) is 0 Å². The molecule has 0 aliphatic carbocycles.